The topological polar surface area (TPSA) is 127 Å². The summed E-state index contributed by atoms with van der Waals surface area (Å²) in [5, 5.41) is 3.22. The van der Waals surface area contributed by atoms with E-state index in [2.05, 4.69) is 22.2 Å². The lowest BCUT2D eigenvalue weighted by atomic mass is 10.3. The van der Waals surface area contributed by atoms with Gasteiger partial charge in [0.15, 0.2) is 0 Å². The van der Waals surface area contributed by atoms with Crippen molar-refractivity contribution in [3.05, 3.63) is 18.0 Å². The first-order valence-corrected chi connectivity index (χ1v) is 6.36. The minimum Gasteiger partial charge on any atom is -0.368 e. The molecule has 0 aliphatic carbocycles. The van der Waals surface area contributed by atoms with Gasteiger partial charge in [-0.1, -0.05) is 6.92 Å². The maximum Gasteiger partial charge on any atom is 0.237 e. The van der Waals surface area contributed by atoms with Crippen LogP contribution in [0.5, 0.6) is 0 Å². The zero-order valence-electron chi connectivity index (χ0n) is 11.5. The number of nitrogens with one attached hydrogen (secondary N) is 1. The Morgan fingerprint density at radius 2 is 1.75 bits per heavy atom. The Balaban J connectivity index is 2.71. The molecule has 110 valence electrons. The molecule has 0 aromatic carbocycles. The summed E-state index contributed by atoms with van der Waals surface area (Å²) < 4.78 is 0. The third kappa shape index (κ3) is 5.61. The van der Waals surface area contributed by atoms with Gasteiger partial charge in [-0.2, -0.15) is 0 Å². The monoisotopic (exact) mass is 280 g/mol. The number of nitrogens with zero attached hydrogens (tertiary/aromatic N) is 3. The van der Waals surface area contributed by atoms with Crippen LogP contribution in [-0.4, -0.2) is 41.4 Å². The Morgan fingerprint density at radius 3 is 2.20 bits per heavy atom. The molecule has 0 fully saturated rings. The number of carbonyl (C=O) groups is 2. The lowest BCUT2D eigenvalue weighted by molar-refractivity contribution is -0.117. The summed E-state index contributed by atoms with van der Waals surface area (Å²) in [6, 6.07) is 0. The third-order valence-electron chi connectivity index (χ3n) is 2.42. The molecule has 0 radical (unpaired) electrons. The van der Waals surface area contributed by atoms with Gasteiger partial charge in [0.05, 0.1) is 0 Å². The van der Waals surface area contributed by atoms with Crippen molar-refractivity contribution in [2.45, 2.75) is 19.9 Å². The SMILES string of the molecule is CCCNCc1cnc(N(CC(N)=O)CC(N)=O)nc1. The first kappa shape index (κ1) is 15.8. The number of primary amides is 2. The molecule has 1 aromatic rings. The van der Waals surface area contributed by atoms with Gasteiger partial charge in [0.2, 0.25) is 17.8 Å². The van der Waals surface area contributed by atoms with E-state index in [1.807, 2.05) is 0 Å². The van der Waals surface area contributed by atoms with Crippen molar-refractivity contribution >= 4 is 17.8 Å². The molecule has 1 heterocycles. The maximum absolute atomic E-state index is 11.0. The summed E-state index contributed by atoms with van der Waals surface area (Å²) in [6.07, 6.45) is 4.32. The highest BCUT2D eigenvalue weighted by atomic mass is 16.2. The lowest BCUT2D eigenvalue weighted by Gasteiger charge is -2.19. The summed E-state index contributed by atoms with van der Waals surface area (Å²) in [5.74, 6) is -0.908. The number of rotatable bonds is 9. The van der Waals surface area contributed by atoms with Crippen LogP contribution >= 0.6 is 0 Å². The molecule has 0 unspecified atom stereocenters. The standard InChI is InChI=1S/C12H20N6O2/c1-2-3-15-4-9-5-16-12(17-6-9)18(7-10(13)19)8-11(14)20/h5-6,15H,2-4,7-8H2,1H3,(H2,13,19)(H2,14,20). The zero-order chi connectivity index (χ0) is 15.0. The van der Waals surface area contributed by atoms with Crippen LogP contribution in [0.1, 0.15) is 18.9 Å². The molecule has 2 amide bonds. The Morgan fingerprint density at radius 1 is 1.20 bits per heavy atom. The fraction of sp³-hybridized carbons (Fsp3) is 0.500. The van der Waals surface area contributed by atoms with Crippen molar-refractivity contribution in [1.82, 2.24) is 15.3 Å². The van der Waals surface area contributed by atoms with Crippen molar-refractivity contribution in [1.29, 1.82) is 0 Å². The van der Waals surface area contributed by atoms with Gasteiger partial charge in [-0.05, 0) is 13.0 Å². The molecule has 0 saturated carbocycles. The fourth-order valence-electron chi connectivity index (χ4n) is 1.59. The van der Waals surface area contributed by atoms with Crippen LogP contribution in [0.4, 0.5) is 5.95 Å². The molecule has 8 heteroatoms. The van der Waals surface area contributed by atoms with E-state index in [-0.39, 0.29) is 19.0 Å². The predicted molar refractivity (Wildman–Crippen MR) is 74.6 cm³/mol. The van der Waals surface area contributed by atoms with E-state index in [0.717, 1.165) is 18.5 Å². The maximum atomic E-state index is 11.0. The van der Waals surface area contributed by atoms with E-state index in [1.165, 1.54) is 4.90 Å². The van der Waals surface area contributed by atoms with Gasteiger partial charge >= 0.3 is 0 Å². The molecule has 0 bridgehead atoms. The van der Waals surface area contributed by atoms with Crippen molar-refractivity contribution in [2.75, 3.05) is 24.5 Å². The molecular formula is C12H20N6O2. The molecule has 0 aliphatic heterocycles. The van der Waals surface area contributed by atoms with Gasteiger partial charge in [0.25, 0.3) is 0 Å². The molecule has 0 aliphatic rings. The van der Waals surface area contributed by atoms with Crippen LogP contribution in [-0.2, 0) is 16.1 Å². The Labute approximate surface area is 117 Å². The van der Waals surface area contributed by atoms with Gasteiger partial charge < -0.3 is 21.7 Å². The van der Waals surface area contributed by atoms with Crippen LogP contribution in [0, 0.1) is 0 Å². The molecule has 1 aromatic heterocycles. The largest absolute Gasteiger partial charge is 0.368 e. The van der Waals surface area contributed by atoms with E-state index in [9.17, 15) is 9.59 Å². The number of hydrogen-bond acceptors (Lipinski definition) is 6. The fourth-order valence-corrected chi connectivity index (χ4v) is 1.59. The van der Waals surface area contributed by atoms with E-state index in [0.29, 0.717) is 6.54 Å². The second-order valence-corrected chi connectivity index (χ2v) is 4.36. The Bertz CT molecular complexity index is 432. The van der Waals surface area contributed by atoms with Gasteiger partial charge in [0, 0.05) is 24.5 Å². The van der Waals surface area contributed by atoms with Crippen molar-refractivity contribution in [3.63, 3.8) is 0 Å². The normalized spacial score (nSPS) is 10.2. The molecular weight excluding hydrogens is 260 g/mol. The van der Waals surface area contributed by atoms with Crippen LogP contribution in [0.2, 0.25) is 0 Å². The molecule has 20 heavy (non-hydrogen) atoms. The van der Waals surface area contributed by atoms with Gasteiger partial charge in [-0.3, -0.25) is 9.59 Å². The first-order valence-electron chi connectivity index (χ1n) is 6.36. The third-order valence-corrected chi connectivity index (χ3v) is 2.42. The first-order chi connectivity index (χ1) is 9.52. The second-order valence-electron chi connectivity index (χ2n) is 4.36. The quantitative estimate of drug-likeness (QED) is 0.485. The molecule has 0 atom stereocenters. The zero-order valence-corrected chi connectivity index (χ0v) is 11.5. The van der Waals surface area contributed by atoms with Gasteiger partial charge in [0.1, 0.15) is 13.1 Å². The van der Waals surface area contributed by atoms with Crippen molar-refractivity contribution < 1.29 is 9.59 Å². The summed E-state index contributed by atoms with van der Waals surface area (Å²) in [4.78, 5) is 31.5. The molecule has 1 rings (SSSR count). The van der Waals surface area contributed by atoms with E-state index < -0.39 is 11.8 Å². The lowest BCUT2D eigenvalue weighted by Crippen LogP contribution is -2.40. The second kappa shape index (κ2) is 8.05. The summed E-state index contributed by atoms with van der Waals surface area (Å²) >= 11 is 0. The molecule has 0 spiro atoms. The van der Waals surface area contributed by atoms with Crippen LogP contribution in [0.15, 0.2) is 12.4 Å². The van der Waals surface area contributed by atoms with Crippen molar-refractivity contribution in [3.8, 4) is 0 Å². The smallest absolute Gasteiger partial charge is 0.237 e. The highest BCUT2D eigenvalue weighted by Crippen LogP contribution is 2.06. The van der Waals surface area contributed by atoms with Gasteiger partial charge in [-0.15, -0.1) is 0 Å². The molecule has 0 saturated heterocycles. The highest BCUT2D eigenvalue weighted by molar-refractivity contribution is 5.83. The van der Waals surface area contributed by atoms with Crippen LogP contribution < -0.4 is 21.7 Å². The molecule has 8 nitrogen and oxygen atoms in total. The summed E-state index contributed by atoms with van der Waals surface area (Å²) in [7, 11) is 0. The molecule has 5 N–H and O–H groups in total. The van der Waals surface area contributed by atoms with Crippen LogP contribution in [0.25, 0.3) is 0 Å². The number of aromatic nitrogens is 2. The minimum absolute atomic E-state index is 0.156. The summed E-state index contributed by atoms with van der Waals surface area (Å²) in [5.41, 5.74) is 11.2. The highest BCUT2D eigenvalue weighted by Gasteiger charge is 2.14. The van der Waals surface area contributed by atoms with E-state index in [4.69, 9.17) is 11.5 Å². The Kier molecular flexibility index (Phi) is 6.38. The number of amides is 2. The number of nitrogens with two attached hydrogens (primary N) is 2. The average molecular weight is 280 g/mol. The van der Waals surface area contributed by atoms with Crippen molar-refractivity contribution in [2.24, 2.45) is 11.5 Å². The number of carbonyl (C=O) groups excluding carboxylic acids is 2. The number of anilines is 1. The van der Waals surface area contributed by atoms with Gasteiger partial charge in [-0.25, -0.2) is 9.97 Å². The number of hydrogen-bond donors (Lipinski definition) is 3. The predicted octanol–water partition coefficient (Wildman–Crippen LogP) is -1.25. The minimum atomic E-state index is -0.580. The van der Waals surface area contributed by atoms with Crippen LogP contribution in [0.3, 0.4) is 0 Å². The van der Waals surface area contributed by atoms with E-state index >= 15 is 0 Å². The summed E-state index contributed by atoms with van der Waals surface area (Å²) in [6.45, 7) is 3.35. The Hall–Kier alpha value is -2.22. The van der Waals surface area contributed by atoms with E-state index in [1.54, 1.807) is 12.4 Å². The average Bonchev–Trinajstić information content (AvgIpc) is 2.38.